The Morgan fingerprint density at radius 2 is 2.00 bits per heavy atom. The van der Waals surface area contributed by atoms with E-state index in [1.54, 1.807) is 12.1 Å². The SMILES string of the molecule is O=C(c1ccc(C#CCO)c(Cl)c1)N1CCS(=O)(=O)CC1. The van der Waals surface area contributed by atoms with E-state index in [0.717, 1.165) is 0 Å². The maximum Gasteiger partial charge on any atom is 0.253 e. The van der Waals surface area contributed by atoms with Crippen LogP contribution < -0.4 is 0 Å². The number of benzene rings is 1. The number of hydrogen-bond donors (Lipinski definition) is 1. The highest BCUT2D eigenvalue weighted by Crippen LogP contribution is 2.19. The molecule has 0 radical (unpaired) electrons. The largest absolute Gasteiger partial charge is 0.384 e. The van der Waals surface area contributed by atoms with Gasteiger partial charge in [0.05, 0.1) is 16.5 Å². The van der Waals surface area contributed by atoms with Crippen molar-refractivity contribution in [2.24, 2.45) is 0 Å². The molecule has 1 aliphatic rings. The first-order valence-electron chi connectivity index (χ1n) is 6.32. The number of carbonyl (C=O) groups excluding carboxylic acids is 1. The molecule has 112 valence electrons. The molecule has 1 saturated heterocycles. The molecule has 1 aromatic rings. The lowest BCUT2D eigenvalue weighted by atomic mass is 10.1. The Hall–Kier alpha value is -1.55. The Morgan fingerprint density at radius 1 is 1.33 bits per heavy atom. The topological polar surface area (TPSA) is 74.7 Å². The van der Waals surface area contributed by atoms with Crippen LogP contribution in [0.5, 0.6) is 0 Å². The zero-order valence-corrected chi connectivity index (χ0v) is 12.7. The van der Waals surface area contributed by atoms with E-state index in [1.165, 1.54) is 11.0 Å². The Kier molecular flexibility index (Phi) is 4.88. The third kappa shape index (κ3) is 3.97. The summed E-state index contributed by atoms with van der Waals surface area (Å²) in [4.78, 5) is 13.8. The number of hydrogen-bond acceptors (Lipinski definition) is 4. The first-order chi connectivity index (χ1) is 9.93. The van der Waals surface area contributed by atoms with Crippen LogP contribution in [0.4, 0.5) is 0 Å². The van der Waals surface area contributed by atoms with E-state index >= 15 is 0 Å². The molecule has 0 aliphatic carbocycles. The molecule has 21 heavy (non-hydrogen) atoms. The summed E-state index contributed by atoms with van der Waals surface area (Å²) >= 11 is 6.04. The summed E-state index contributed by atoms with van der Waals surface area (Å²) in [6, 6.07) is 4.71. The summed E-state index contributed by atoms with van der Waals surface area (Å²) in [5.41, 5.74) is 0.928. The van der Waals surface area contributed by atoms with Gasteiger partial charge in [0.25, 0.3) is 5.91 Å². The molecule has 1 amide bonds. The fourth-order valence-corrected chi connectivity index (χ4v) is 3.41. The molecule has 2 rings (SSSR count). The summed E-state index contributed by atoms with van der Waals surface area (Å²) in [7, 11) is -3.02. The van der Waals surface area contributed by atoms with Gasteiger partial charge in [-0.3, -0.25) is 4.79 Å². The zero-order chi connectivity index (χ0) is 15.5. The fraction of sp³-hybridized carbons (Fsp3) is 0.357. The van der Waals surface area contributed by atoms with E-state index in [2.05, 4.69) is 11.8 Å². The van der Waals surface area contributed by atoms with Gasteiger partial charge >= 0.3 is 0 Å². The smallest absolute Gasteiger partial charge is 0.253 e. The van der Waals surface area contributed by atoms with Gasteiger partial charge in [-0.05, 0) is 18.2 Å². The number of amides is 1. The molecule has 1 N–H and O–H groups in total. The molecule has 0 aromatic heterocycles. The monoisotopic (exact) mass is 327 g/mol. The van der Waals surface area contributed by atoms with Gasteiger partial charge < -0.3 is 10.0 Å². The van der Waals surface area contributed by atoms with Crippen LogP contribution >= 0.6 is 11.6 Å². The molecule has 1 heterocycles. The summed E-state index contributed by atoms with van der Waals surface area (Å²) < 4.78 is 22.7. The van der Waals surface area contributed by atoms with E-state index in [9.17, 15) is 13.2 Å². The molecular weight excluding hydrogens is 314 g/mol. The third-order valence-electron chi connectivity index (χ3n) is 3.15. The van der Waals surface area contributed by atoms with Crippen molar-refractivity contribution in [3.05, 3.63) is 34.3 Å². The minimum absolute atomic E-state index is 0.00741. The van der Waals surface area contributed by atoms with Crippen LogP contribution in [0.25, 0.3) is 0 Å². The van der Waals surface area contributed by atoms with Gasteiger partial charge in [-0.1, -0.05) is 23.4 Å². The number of aliphatic hydroxyl groups excluding tert-OH is 1. The predicted molar refractivity (Wildman–Crippen MR) is 80.0 cm³/mol. The average molecular weight is 328 g/mol. The van der Waals surface area contributed by atoms with E-state index in [1.807, 2.05) is 0 Å². The van der Waals surface area contributed by atoms with E-state index < -0.39 is 9.84 Å². The van der Waals surface area contributed by atoms with Crippen LogP contribution in [0, 0.1) is 11.8 Å². The van der Waals surface area contributed by atoms with Gasteiger partial charge in [-0.15, -0.1) is 0 Å². The van der Waals surface area contributed by atoms with Crippen LogP contribution in [0.3, 0.4) is 0 Å². The molecular formula is C14H14ClNO4S. The minimum atomic E-state index is -3.02. The summed E-state index contributed by atoms with van der Waals surface area (Å²) in [5.74, 6) is 4.91. The lowest BCUT2D eigenvalue weighted by molar-refractivity contribution is 0.0770. The number of sulfone groups is 1. The van der Waals surface area contributed by atoms with Crippen LogP contribution in [0.2, 0.25) is 5.02 Å². The summed E-state index contributed by atoms with van der Waals surface area (Å²) in [5, 5.41) is 8.97. The Bertz CT molecular complexity index is 704. The van der Waals surface area contributed by atoms with E-state index in [-0.39, 0.29) is 37.1 Å². The van der Waals surface area contributed by atoms with Crippen LogP contribution in [0.1, 0.15) is 15.9 Å². The van der Waals surface area contributed by atoms with Gasteiger partial charge in [-0.25, -0.2) is 8.42 Å². The molecule has 7 heteroatoms. The number of nitrogens with zero attached hydrogens (tertiary/aromatic N) is 1. The fourth-order valence-electron chi connectivity index (χ4n) is 1.98. The Morgan fingerprint density at radius 3 is 2.57 bits per heavy atom. The molecule has 1 aromatic carbocycles. The van der Waals surface area contributed by atoms with Gasteiger partial charge in [0.15, 0.2) is 9.84 Å². The number of aliphatic hydroxyl groups is 1. The van der Waals surface area contributed by atoms with Crippen molar-refractivity contribution < 1.29 is 18.3 Å². The quantitative estimate of drug-likeness (QED) is 0.765. The molecule has 0 atom stereocenters. The molecule has 1 fully saturated rings. The Labute approximate surface area is 128 Å². The lowest BCUT2D eigenvalue weighted by Crippen LogP contribution is -2.43. The maximum atomic E-state index is 12.3. The van der Waals surface area contributed by atoms with Gasteiger partial charge in [-0.2, -0.15) is 0 Å². The van der Waals surface area contributed by atoms with Gasteiger partial charge in [0.2, 0.25) is 0 Å². The zero-order valence-electron chi connectivity index (χ0n) is 11.2. The van der Waals surface area contributed by atoms with Crippen molar-refractivity contribution in [2.45, 2.75) is 0 Å². The van der Waals surface area contributed by atoms with Gasteiger partial charge in [0, 0.05) is 24.2 Å². The van der Waals surface area contributed by atoms with E-state index in [0.29, 0.717) is 16.1 Å². The van der Waals surface area contributed by atoms with Crippen molar-refractivity contribution >= 4 is 27.3 Å². The first-order valence-corrected chi connectivity index (χ1v) is 8.52. The van der Waals surface area contributed by atoms with Crippen LogP contribution in [0.15, 0.2) is 18.2 Å². The predicted octanol–water partition coefficient (Wildman–Crippen LogP) is 0.554. The molecule has 1 aliphatic heterocycles. The number of carbonyl (C=O) groups is 1. The minimum Gasteiger partial charge on any atom is -0.384 e. The number of rotatable bonds is 1. The molecule has 0 saturated carbocycles. The molecule has 5 nitrogen and oxygen atoms in total. The van der Waals surface area contributed by atoms with Crippen molar-refractivity contribution in [2.75, 3.05) is 31.2 Å². The second-order valence-corrected chi connectivity index (χ2v) is 7.31. The highest BCUT2D eigenvalue weighted by Gasteiger charge is 2.25. The highest BCUT2D eigenvalue weighted by atomic mass is 35.5. The van der Waals surface area contributed by atoms with Crippen molar-refractivity contribution in [1.29, 1.82) is 0 Å². The lowest BCUT2D eigenvalue weighted by Gasteiger charge is -2.26. The van der Waals surface area contributed by atoms with Crippen molar-refractivity contribution in [3.8, 4) is 11.8 Å². The standard InChI is InChI=1S/C14H14ClNO4S/c15-13-10-12(4-3-11(13)2-1-7-17)14(18)16-5-8-21(19,20)9-6-16/h3-4,10,17H,5-9H2. The Balaban J connectivity index is 2.15. The van der Waals surface area contributed by atoms with Crippen molar-refractivity contribution in [3.63, 3.8) is 0 Å². The average Bonchev–Trinajstić information content (AvgIpc) is 2.45. The normalized spacial score (nSPS) is 17.0. The summed E-state index contributed by atoms with van der Waals surface area (Å²) in [6.07, 6.45) is 0. The molecule has 0 unspecified atom stereocenters. The second kappa shape index (κ2) is 6.48. The highest BCUT2D eigenvalue weighted by molar-refractivity contribution is 7.91. The van der Waals surface area contributed by atoms with Crippen LogP contribution in [-0.4, -0.2) is 55.5 Å². The van der Waals surface area contributed by atoms with Crippen molar-refractivity contribution in [1.82, 2.24) is 4.90 Å². The first kappa shape index (κ1) is 15.8. The van der Waals surface area contributed by atoms with E-state index in [4.69, 9.17) is 16.7 Å². The maximum absolute atomic E-state index is 12.3. The molecule has 0 spiro atoms. The second-order valence-electron chi connectivity index (χ2n) is 4.60. The third-order valence-corrected chi connectivity index (χ3v) is 5.07. The van der Waals surface area contributed by atoms with Gasteiger partial charge in [0.1, 0.15) is 6.61 Å². The number of halogens is 1. The molecule has 0 bridgehead atoms. The summed E-state index contributed by atoms with van der Waals surface area (Å²) in [6.45, 7) is 0.134. The van der Waals surface area contributed by atoms with Crippen LogP contribution in [-0.2, 0) is 9.84 Å².